The first-order valence-corrected chi connectivity index (χ1v) is 7.79. The highest BCUT2D eigenvalue weighted by Gasteiger charge is 2.72. The van der Waals surface area contributed by atoms with E-state index in [0.717, 1.165) is 0 Å². The van der Waals surface area contributed by atoms with E-state index in [9.17, 15) is 14.4 Å². The van der Waals surface area contributed by atoms with Crippen LogP contribution in [0.2, 0.25) is 0 Å². The van der Waals surface area contributed by atoms with Crippen molar-refractivity contribution in [3.63, 3.8) is 0 Å². The molecule has 1 heterocycles. The number of pyridine rings is 1. The van der Waals surface area contributed by atoms with E-state index in [2.05, 4.69) is 15.8 Å². The summed E-state index contributed by atoms with van der Waals surface area (Å²) in [6.07, 6.45) is 4.64. The Morgan fingerprint density at radius 3 is 2.26 bits per heavy atom. The average Bonchev–Trinajstić information content (AvgIpc) is 2.83. The highest BCUT2D eigenvalue weighted by Crippen LogP contribution is 2.70. The summed E-state index contributed by atoms with van der Waals surface area (Å²) in [6.45, 7) is 5.91. The average molecular weight is 315 g/mol. The van der Waals surface area contributed by atoms with Crippen LogP contribution in [0.5, 0.6) is 0 Å². The van der Waals surface area contributed by atoms with E-state index in [1.165, 1.54) is 12.4 Å². The van der Waals surface area contributed by atoms with Crippen LogP contribution >= 0.6 is 0 Å². The van der Waals surface area contributed by atoms with Gasteiger partial charge in [-0.3, -0.25) is 30.2 Å². The molecule has 2 fully saturated rings. The van der Waals surface area contributed by atoms with E-state index in [4.69, 9.17) is 0 Å². The van der Waals surface area contributed by atoms with Gasteiger partial charge < -0.3 is 0 Å². The van der Waals surface area contributed by atoms with Gasteiger partial charge in [-0.15, -0.1) is 0 Å². The molecule has 122 valence electrons. The van der Waals surface area contributed by atoms with Crippen LogP contribution in [0.15, 0.2) is 24.5 Å². The molecule has 2 aliphatic rings. The van der Waals surface area contributed by atoms with Crippen molar-refractivity contribution in [3.8, 4) is 0 Å². The minimum Gasteiger partial charge on any atom is -0.299 e. The molecule has 0 radical (unpaired) electrons. The molecule has 0 spiro atoms. The van der Waals surface area contributed by atoms with E-state index in [0.29, 0.717) is 18.4 Å². The topological polar surface area (TPSA) is 88.2 Å². The van der Waals surface area contributed by atoms with Crippen molar-refractivity contribution in [2.24, 2.45) is 16.2 Å². The number of aromatic nitrogens is 1. The molecule has 2 N–H and O–H groups in total. The summed E-state index contributed by atoms with van der Waals surface area (Å²) in [7, 11) is 0. The molecule has 2 aliphatic carbocycles. The van der Waals surface area contributed by atoms with Crippen LogP contribution in [-0.2, 0) is 9.59 Å². The number of nitrogens with one attached hydrogen (secondary N) is 2. The lowest BCUT2D eigenvalue weighted by Gasteiger charge is -2.38. The Hall–Kier alpha value is -2.24. The zero-order valence-electron chi connectivity index (χ0n) is 13.6. The van der Waals surface area contributed by atoms with E-state index in [1.54, 1.807) is 12.1 Å². The summed E-state index contributed by atoms with van der Waals surface area (Å²) >= 11 is 0. The Kier molecular flexibility index (Phi) is 3.32. The van der Waals surface area contributed by atoms with Gasteiger partial charge in [0.2, 0.25) is 5.91 Å². The van der Waals surface area contributed by atoms with Gasteiger partial charge in [0, 0.05) is 29.8 Å². The first-order valence-electron chi connectivity index (χ1n) is 7.79. The normalized spacial score (nSPS) is 31.0. The SMILES string of the molecule is CC12CCC(C(=O)NNC(=O)c3ccncc3)(CC1=O)C2(C)C. The molecule has 2 bridgehead atoms. The van der Waals surface area contributed by atoms with Gasteiger partial charge in [0.1, 0.15) is 5.78 Å². The smallest absolute Gasteiger partial charge is 0.269 e. The maximum atomic E-state index is 12.8. The maximum absolute atomic E-state index is 12.8. The lowest BCUT2D eigenvalue weighted by atomic mass is 9.64. The molecule has 0 aromatic carbocycles. The second kappa shape index (κ2) is 4.88. The number of ketones is 1. The van der Waals surface area contributed by atoms with Gasteiger partial charge in [0.05, 0.1) is 5.41 Å². The third-order valence-electron chi connectivity index (χ3n) is 6.37. The van der Waals surface area contributed by atoms with Crippen LogP contribution < -0.4 is 10.9 Å². The Bertz CT molecular complexity index is 686. The Labute approximate surface area is 135 Å². The van der Waals surface area contributed by atoms with Crippen molar-refractivity contribution in [2.45, 2.75) is 40.0 Å². The van der Waals surface area contributed by atoms with Crippen molar-refractivity contribution in [1.82, 2.24) is 15.8 Å². The summed E-state index contributed by atoms with van der Waals surface area (Å²) in [5.41, 5.74) is 3.74. The molecule has 6 nitrogen and oxygen atoms in total. The van der Waals surface area contributed by atoms with Crippen LogP contribution in [0.25, 0.3) is 0 Å². The fourth-order valence-electron chi connectivity index (χ4n) is 4.17. The number of hydrazine groups is 1. The number of amides is 2. The Morgan fingerprint density at radius 2 is 1.74 bits per heavy atom. The van der Waals surface area contributed by atoms with Crippen molar-refractivity contribution < 1.29 is 14.4 Å². The summed E-state index contributed by atoms with van der Waals surface area (Å²) in [6, 6.07) is 3.13. The van der Waals surface area contributed by atoms with Gasteiger partial charge in [-0.25, -0.2) is 0 Å². The van der Waals surface area contributed by atoms with Gasteiger partial charge in [-0.05, 0) is 30.4 Å². The zero-order valence-corrected chi connectivity index (χ0v) is 13.6. The molecule has 3 rings (SSSR count). The quantitative estimate of drug-likeness (QED) is 0.812. The number of carbonyl (C=O) groups excluding carboxylic acids is 3. The van der Waals surface area contributed by atoms with Crippen LogP contribution in [0.3, 0.4) is 0 Å². The molecule has 2 unspecified atom stereocenters. The van der Waals surface area contributed by atoms with Crippen LogP contribution in [0.4, 0.5) is 0 Å². The van der Waals surface area contributed by atoms with Gasteiger partial charge in [-0.1, -0.05) is 20.8 Å². The molecule has 0 aliphatic heterocycles. The van der Waals surface area contributed by atoms with Gasteiger partial charge in [0.15, 0.2) is 0 Å². The molecule has 2 amide bonds. The monoisotopic (exact) mass is 315 g/mol. The number of hydrogen-bond donors (Lipinski definition) is 2. The third-order valence-corrected chi connectivity index (χ3v) is 6.37. The summed E-state index contributed by atoms with van der Waals surface area (Å²) in [4.78, 5) is 41.0. The zero-order chi connectivity index (χ0) is 16.9. The van der Waals surface area contributed by atoms with Crippen LogP contribution in [0, 0.1) is 16.2 Å². The molecule has 2 saturated carbocycles. The van der Waals surface area contributed by atoms with E-state index >= 15 is 0 Å². The summed E-state index contributed by atoms with van der Waals surface area (Å²) < 4.78 is 0. The Morgan fingerprint density at radius 1 is 1.09 bits per heavy atom. The van der Waals surface area contributed by atoms with Gasteiger partial charge >= 0.3 is 0 Å². The van der Waals surface area contributed by atoms with Crippen LogP contribution in [-0.4, -0.2) is 22.6 Å². The van der Waals surface area contributed by atoms with Crippen molar-refractivity contribution in [2.75, 3.05) is 0 Å². The largest absolute Gasteiger partial charge is 0.299 e. The number of Topliss-reactive ketones (excluding diaryl/α,β-unsaturated/α-hetero) is 1. The van der Waals surface area contributed by atoms with E-state index in [-0.39, 0.29) is 18.1 Å². The lowest BCUT2D eigenvalue weighted by molar-refractivity contribution is -0.137. The molecule has 1 aromatic rings. The molecule has 2 atom stereocenters. The minimum absolute atomic E-state index is 0.143. The van der Waals surface area contributed by atoms with Crippen molar-refractivity contribution in [1.29, 1.82) is 0 Å². The highest BCUT2D eigenvalue weighted by molar-refractivity contribution is 6.01. The number of hydrogen-bond acceptors (Lipinski definition) is 4. The highest BCUT2D eigenvalue weighted by atomic mass is 16.2. The maximum Gasteiger partial charge on any atom is 0.269 e. The lowest BCUT2D eigenvalue weighted by Crippen LogP contribution is -2.52. The fraction of sp³-hybridized carbons (Fsp3) is 0.529. The summed E-state index contributed by atoms with van der Waals surface area (Å²) in [5.74, 6) is -0.538. The third kappa shape index (κ3) is 1.93. The number of carbonyl (C=O) groups is 3. The Balaban J connectivity index is 1.74. The molecular formula is C17H21N3O3. The second-order valence-corrected chi connectivity index (χ2v) is 7.28. The van der Waals surface area contributed by atoms with Crippen LogP contribution in [0.1, 0.15) is 50.4 Å². The first-order chi connectivity index (χ1) is 10.7. The van der Waals surface area contributed by atoms with Crippen molar-refractivity contribution >= 4 is 17.6 Å². The molecule has 23 heavy (non-hydrogen) atoms. The fourth-order valence-corrected chi connectivity index (χ4v) is 4.17. The number of rotatable bonds is 2. The van der Waals surface area contributed by atoms with E-state index in [1.807, 2.05) is 20.8 Å². The van der Waals surface area contributed by atoms with Crippen molar-refractivity contribution in [3.05, 3.63) is 30.1 Å². The summed E-state index contributed by atoms with van der Waals surface area (Å²) in [5, 5.41) is 0. The number of fused-ring (bicyclic) bond motifs is 2. The van der Waals surface area contributed by atoms with E-state index < -0.39 is 22.2 Å². The molecule has 6 heteroatoms. The minimum atomic E-state index is -0.746. The predicted octanol–water partition coefficient (Wildman–Crippen LogP) is 1.63. The second-order valence-electron chi connectivity index (χ2n) is 7.28. The van der Waals surface area contributed by atoms with Gasteiger partial charge in [-0.2, -0.15) is 0 Å². The molecule has 0 saturated heterocycles. The standard InChI is InChI=1S/C17H21N3O3/c1-15(2)16(3)6-7-17(15,10-12(16)21)14(23)20-19-13(22)11-4-8-18-9-5-11/h4-5,8-9H,6-7,10H2,1-3H3,(H,19,22)(H,20,23). The molecule has 1 aromatic heterocycles. The van der Waals surface area contributed by atoms with Gasteiger partial charge in [0.25, 0.3) is 5.91 Å². The predicted molar refractivity (Wildman–Crippen MR) is 83.0 cm³/mol. The number of nitrogens with zero attached hydrogens (tertiary/aromatic N) is 1. The first kappa shape index (κ1) is 15.6. The molecular weight excluding hydrogens is 294 g/mol.